The Bertz CT molecular complexity index is 692. The van der Waals surface area contributed by atoms with Crippen molar-refractivity contribution in [2.24, 2.45) is 0 Å². The van der Waals surface area contributed by atoms with Crippen LogP contribution in [0, 0.1) is 13.8 Å². The van der Waals surface area contributed by atoms with Crippen molar-refractivity contribution in [3.05, 3.63) is 59.2 Å². The second kappa shape index (κ2) is 7.86. The molecule has 2 amide bonds. The van der Waals surface area contributed by atoms with Gasteiger partial charge < -0.3 is 15.0 Å². The average molecular weight is 326 g/mol. The molecule has 0 bridgehead atoms. The van der Waals surface area contributed by atoms with E-state index in [-0.39, 0.29) is 12.1 Å². The molecular weight excluding hydrogens is 300 g/mol. The van der Waals surface area contributed by atoms with Crippen molar-refractivity contribution >= 4 is 11.7 Å². The van der Waals surface area contributed by atoms with E-state index in [9.17, 15) is 4.79 Å². The number of urea groups is 1. The molecule has 0 aromatic heterocycles. The molecule has 0 aliphatic heterocycles. The fourth-order valence-electron chi connectivity index (χ4n) is 2.73. The molecule has 128 valence electrons. The van der Waals surface area contributed by atoms with E-state index in [0.29, 0.717) is 0 Å². The number of ether oxygens (including phenoxy) is 1. The Morgan fingerprint density at radius 3 is 2.38 bits per heavy atom. The quantitative estimate of drug-likeness (QED) is 0.884. The van der Waals surface area contributed by atoms with E-state index >= 15 is 0 Å². The van der Waals surface area contributed by atoms with Crippen LogP contribution in [0.4, 0.5) is 10.5 Å². The Kier molecular flexibility index (Phi) is 5.85. The predicted octanol–water partition coefficient (Wildman–Crippen LogP) is 4.41. The number of likely N-dealkylation sites (N-methyl/N-ethyl adjacent to an activating group) is 1. The molecule has 1 N–H and O–H groups in total. The molecule has 2 rings (SSSR count). The van der Waals surface area contributed by atoms with Crippen LogP contribution in [0.1, 0.15) is 23.6 Å². The molecule has 0 aliphatic carbocycles. The Labute approximate surface area is 144 Å². The van der Waals surface area contributed by atoms with Crippen molar-refractivity contribution in [2.75, 3.05) is 19.5 Å². The van der Waals surface area contributed by atoms with Gasteiger partial charge in [-0.15, -0.1) is 0 Å². The number of amides is 2. The first kappa shape index (κ1) is 17.9. The molecule has 0 fully saturated rings. The minimum absolute atomic E-state index is 0.0469. The van der Waals surface area contributed by atoms with Crippen LogP contribution < -0.4 is 10.1 Å². The topological polar surface area (TPSA) is 41.6 Å². The van der Waals surface area contributed by atoms with Gasteiger partial charge in [0.2, 0.25) is 0 Å². The van der Waals surface area contributed by atoms with Crippen molar-refractivity contribution in [1.29, 1.82) is 0 Å². The molecule has 0 heterocycles. The molecule has 4 heteroatoms. The molecule has 0 aliphatic rings. The largest absolute Gasteiger partial charge is 0.496 e. The lowest BCUT2D eigenvalue weighted by molar-refractivity contribution is 0.207. The van der Waals surface area contributed by atoms with Crippen LogP contribution >= 0.6 is 0 Å². The smallest absolute Gasteiger partial charge is 0.321 e. The van der Waals surface area contributed by atoms with Crippen LogP contribution in [0.15, 0.2) is 42.5 Å². The van der Waals surface area contributed by atoms with E-state index in [0.717, 1.165) is 34.5 Å². The number of nitrogens with zero attached hydrogens (tertiary/aromatic N) is 1. The fraction of sp³-hybridized carbons (Fsp3) is 0.350. The number of rotatable bonds is 5. The van der Waals surface area contributed by atoms with Gasteiger partial charge in [-0.3, -0.25) is 0 Å². The third-order valence-corrected chi connectivity index (χ3v) is 4.40. The average Bonchev–Trinajstić information content (AvgIpc) is 2.57. The third-order valence-electron chi connectivity index (χ3n) is 4.40. The first-order valence-corrected chi connectivity index (χ1v) is 8.16. The predicted molar refractivity (Wildman–Crippen MR) is 98.9 cm³/mol. The Morgan fingerprint density at radius 2 is 1.75 bits per heavy atom. The number of carbonyl (C=O) groups excluding carboxylic acids is 1. The number of aryl methyl sites for hydroxylation is 2. The van der Waals surface area contributed by atoms with E-state index in [1.54, 1.807) is 12.0 Å². The molecule has 0 saturated carbocycles. The van der Waals surface area contributed by atoms with Gasteiger partial charge in [-0.2, -0.15) is 0 Å². The molecule has 1 atom stereocenters. The van der Waals surface area contributed by atoms with Gasteiger partial charge in [-0.25, -0.2) is 4.79 Å². The van der Waals surface area contributed by atoms with Gasteiger partial charge in [-0.1, -0.05) is 36.4 Å². The van der Waals surface area contributed by atoms with Gasteiger partial charge >= 0.3 is 6.03 Å². The summed E-state index contributed by atoms with van der Waals surface area (Å²) in [5.74, 6) is 0.855. The van der Waals surface area contributed by atoms with E-state index in [2.05, 4.69) is 5.32 Å². The lowest BCUT2D eigenvalue weighted by atomic mass is 10.1. The first-order valence-electron chi connectivity index (χ1n) is 8.16. The number of para-hydroxylation sites is 2. The minimum atomic E-state index is -0.102. The summed E-state index contributed by atoms with van der Waals surface area (Å²) in [5, 5.41) is 3.03. The number of carbonyl (C=O) groups is 1. The highest BCUT2D eigenvalue weighted by Crippen LogP contribution is 2.22. The maximum Gasteiger partial charge on any atom is 0.321 e. The lowest BCUT2D eigenvalue weighted by Crippen LogP contribution is -2.39. The Balaban J connectivity index is 2.07. The van der Waals surface area contributed by atoms with E-state index in [1.165, 1.54) is 0 Å². The number of anilines is 1. The number of hydrogen-bond acceptors (Lipinski definition) is 2. The van der Waals surface area contributed by atoms with Crippen LogP contribution in [0.2, 0.25) is 0 Å². The van der Waals surface area contributed by atoms with Crippen LogP contribution in [-0.2, 0) is 6.42 Å². The van der Waals surface area contributed by atoms with Crippen molar-refractivity contribution in [2.45, 2.75) is 33.2 Å². The maximum absolute atomic E-state index is 12.6. The third kappa shape index (κ3) is 4.07. The number of methoxy groups -OCH3 is 1. The SMILES string of the molecule is COc1ccccc1CC(C)N(C)C(=O)Nc1c(C)cccc1C. The maximum atomic E-state index is 12.6. The summed E-state index contributed by atoms with van der Waals surface area (Å²) in [5.41, 5.74) is 4.11. The Hall–Kier alpha value is -2.49. The van der Waals surface area contributed by atoms with E-state index in [1.807, 2.05) is 70.3 Å². The van der Waals surface area contributed by atoms with Crippen molar-refractivity contribution in [3.63, 3.8) is 0 Å². The molecule has 0 saturated heterocycles. The zero-order chi connectivity index (χ0) is 17.7. The molecule has 24 heavy (non-hydrogen) atoms. The normalized spacial score (nSPS) is 11.7. The zero-order valence-corrected chi connectivity index (χ0v) is 15.1. The van der Waals surface area contributed by atoms with E-state index in [4.69, 9.17) is 4.74 Å². The molecular formula is C20H26N2O2. The summed E-state index contributed by atoms with van der Waals surface area (Å²) in [4.78, 5) is 14.3. The highest BCUT2D eigenvalue weighted by molar-refractivity contribution is 5.91. The Morgan fingerprint density at radius 1 is 1.12 bits per heavy atom. The number of hydrogen-bond donors (Lipinski definition) is 1. The number of benzene rings is 2. The van der Waals surface area contributed by atoms with Crippen molar-refractivity contribution in [3.8, 4) is 5.75 Å². The van der Waals surface area contributed by atoms with Crippen molar-refractivity contribution < 1.29 is 9.53 Å². The highest BCUT2D eigenvalue weighted by atomic mass is 16.5. The minimum Gasteiger partial charge on any atom is -0.496 e. The zero-order valence-electron chi connectivity index (χ0n) is 15.1. The standard InChI is InChI=1S/C20H26N2O2/c1-14-9-8-10-15(2)19(14)21-20(23)22(4)16(3)13-17-11-6-7-12-18(17)24-5/h6-12,16H,13H2,1-5H3,(H,21,23). The summed E-state index contributed by atoms with van der Waals surface area (Å²) in [6, 6.07) is 13.9. The highest BCUT2D eigenvalue weighted by Gasteiger charge is 2.18. The fourth-order valence-corrected chi connectivity index (χ4v) is 2.73. The van der Waals surface area contributed by atoms with Gasteiger partial charge in [0.1, 0.15) is 5.75 Å². The van der Waals surface area contributed by atoms with Crippen LogP contribution in [0.25, 0.3) is 0 Å². The lowest BCUT2D eigenvalue weighted by Gasteiger charge is -2.26. The summed E-state index contributed by atoms with van der Waals surface area (Å²) in [6.45, 7) is 6.04. The van der Waals surface area contributed by atoms with Gasteiger partial charge in [-0.05, 0) is 49.9 Å². The molecule has 2 aromatic carbocycles. The van der Waals surface area contributed by atoms with Crippen LogP contribution in [-0.4, -0.2) is 31.1 Å². The summed E-state index contributed by atoms with van der Waals surface area (Å²) < 4.78 is 5.39. The van der Waals surface area contributed by atoms with Crippen molar-refractivity contribution in [1.82, 2.24) is 4.90 Å². The van der Waals surface area contributed by atoms with Crippen LogP contribution in [0.3, 0.4) is 0 Å². The number of nitrogens with one attached hydrogen (secondary N) is 1. The molecule has 4 nitrogen and oxygen atoms in total. The van der Waals surface area contributed by atoms with Gasteiger partial charge in [0, 0.05) is 18.8 Å². The monoisotopic (exact) mass is 326 g/mol. The van der Waals surface area contributed by atoms with Gasteiger partial charge in [0.05, 0.1) is 7.11 Å². The second-order valence-corrected chi connectivity index (χ2v) is 6.17. The summed E-state index contributed by atoms with van der Waals surface area (Å²) in [6.07, 6.45) is 0.737. The molecule has 0 spiro atoms. The van der Waals surface area contributed by atoms with Crippen LogP contribution in [0.5, 0.6) is 5.75 Å². The van der Waals surface area contributed by atoms with E-state index < -0.39 is 0 Å². The molecule has 0 radical (unpaired) electrons. The molecule has 1 unspecified atom stereocenters. The second-order valence-electron chi connectivity index (χ2n) is 6.17. The first-order chi connectivity index (χ1) is 11.4. The summed E-state index contributed by atoms with van der Waals surface area (Å²) >= 11 is 0. The van der Waals surface area contributed by atoms with Gasteiger partial charge in [0.15, 0.2) is 0 Å². The molecule has 2 aromatic rings. The van der Waals surface area contributed by atoms with Gasteiger partial charge in [0.25, 0.3) is 0 Å². The summed E-state index contributed by atoms with van der Waals surface area (Å²) in [7, 11) is 3.49.